The van der Waals surface area contributed by atoms with Crippen molar-refractivity contribution in [3.05, 3.63) is 27.8 Å². The van der Waals surface area contributed by atoms with Gasteiger partial charge in [0, 0.05) is 9.49 Å². The molecule has 0 saturated heterocycles. The number of rotatable bonds is 2. The minimum atomic E-state index is 0.198. The zero-order chi connectivity index (χ0) is 11.4. The highest BCUT2D eigenvalue weighted by molar-refractivity contribution is 14.1. The summed E-state index contributed by atoms with van der Waals surface area (Å²) in [4.78, 5) is 12.0. The lowest BCUT2D eigenvalue weighted by molar-refractivity contribution is -0.120. The Balaban J connectivity index is 1.99. The van der Waals surface area contributed by atoms with E-state index in [0.29, 0.717) is 0 Å². The van der Waals surface area contributed by atoms with Gasteiger partial charge in [-0.15, -0.1) is 0 Å². The summed E-state index contributed by atoms with van der Waals surface area (Å²) in [5.74, 6) is 0.425. The van der Waals surface area contributed by atoms with E-state index in [1.807, 2.05) is 24.3 Å². The van der Waals surface area contributed by atoms with Crippen molar-refractivity contribution in [3.8, 4) is 0 Å². The van der Waals surface area contributed by atoms with Crippen molar-refractivity contribution in [1.29, 1.82) is 0 Å². The first-order valence-electron chi connectivity index (χ1n) is 5.83. The molecule has 1 saturated carbocycles. The molecule has 0 heterocycles. The monoisotopic (exact) mass is 329 g/mol. The molecule has 1 aliphatic carbocycles. The van der Waals surface area contributed by atoms with E-state index in [9.17, 15) is 4.79 Å². The molecule has 2 nitrogen and oxygen atoms in total. The Kier molecular flexibility index (Phi) is 4.21. The summed E-state index contributed by atoms with van der Waals surface area (Å²) in [5.41, 5.74) is 0.943. The van der Waals surface area contributed by atoms with Crippen LogP contribution in [0.25, 0.3) is 0 Å². The number of hydrogen-bond donors (Lipinski definition) is 1. The van der Waals surface area contributed by atoms with Crippen LogP contribution in [-0.2, 0) is 4.79 Å². The van der Waals surface area contributed by atoms with Gasteiger partial charge < -0.3 is 5.32 Å². The second kappa shape index (κ2) is 5.66. The minimum absolute atomic E-state index is 0.198. The van der Waals surface area contributed by atoms with Crippen LogP contribution >= 0.6 is 22.6 Å². The van der Waals surface area contributed by atoms with Gasteiger partial charge in [-0.1, -0.05) is 31.4 Å². The Hall–Kier alpha value is -0.580. The second-order valence-corrected chi connectivity index (χ2v) is 5.47. The Morgan fingerprint density at radius 1 is 1.19 bits per heavy atom. The summed E-state index contributed by atoms with van der Waals surface area (Å²) >= 11 is 2.25. The number of benzene rings is 1. The highest BCUT2D eigenvalue weighted by Gasteiger charge is 2.21. The Morgan fingerprint density at radius 3 is 2.56 bits per heavy atom. The zero-order valence-corrected chi connectivity index (χ0v) is 11.4. The topological polar surface area (TPSA) is 29.1 Å². The van der Waals surface area contributed by atoms with Gasteiger partial charge in [-0.05, 0) is 47.6 Å². The molecular weight excluding hydrogens is 313 g/mol. The number of carbonyl (C=O) groups excluding carboxylic acids is 1. The molecule has 0 spiro atoms. The lowest BCUT2D eigenvalue weighted by Gasteiger charge is -2.21. The van der Waals surface area contributed by atoms with Crippen LogP contribution in [0.2, 0.25) is 0 Å². The molecule has 0 radical (unpaired) electrons. The van der Waals surface area contributed by atoms with Crippen molar-refractivity contribution in [1.82, 2.24) is 0 Å². The van der Waals surface area contributed by atoms with Gasteiger partial charge in [0.25, 0.3) is 0 Å². The third kappa shape index (κ3) is 2.97. The maximum Gasteiger partial charge on any atom is 0.227 e. The summed E-state index contributed by atoms with van der Waals surface area (Å²) in [6.07, 6.45) is 5.78. The molecule has 0 aliphatic heterocycles. The van der Waals surface area contributed by atoms with Crippen LogP contribution in [0.5, 0.6) is 0 Å². The number of hydrogen-bond acceptors (Lipinski definition) is 1. The number of amides is 1. The number of anilines is 1. The highest BCUT2D eigenvalue weighted by Crippen LogP contribution is 2.26. The fraction of sp³-hybridized carbons (Fsp3) is 0.462. The van der Waals surface area contributed by atoms with Crippen molar-refractivity contribution >= 4 is 34.2 Å². The van der Waals surface area contributed by atoms with Crippen molar-refractivity contribution in [2.24, 2.45) is 5.92 Å². The fourth-order valence-corrected chi connectivity index (χ4v) is 2.68. The average Bonchev–Trinajstić information content (AvgIpc) is 2.33. The van der Waals surface area contributed by atoms with Gasteiger partial charge >= 0.3 is 0 Å². The van der Waals surface area contributed by atoms with Gasteiger partial charge in [0.15, 0.2) is 0 Å². The Morgan fingerprint density at radius 2 is 1.88 bits per heavy atom. The van der Waals surface area contributed by atoms with E-state index in [2.05, 4.69) is 27.9 Å². The minimum Gasteiger partial charge on any atom is -0.325 e. The smallest absolute Gasteiger partial charge is 0.227 e. The van der Waals surface area contributed by atoms with Crippen LogP contribution in [0.1, 0.15) is 32.1 Å². The molecule has 0 bridgehead atoms. The van der Waals surface area contributed by atoms with Crippen molar-refractivity contribution < 1.29 is 4.79 Å². The van der Waals surface area contributed by atoms with Crippen LogP contribution in [0, 0.1) is 9.49 Å². The molecule has 0 aromatic heterocycles. The van der Waals surface area contributed by atoms with E-state index < -0.39 is 0 Å². The predicted octanol–water partition coefficient (Wildman–Crippen LogP) is 3.81. The van der Waals surface area contributed by atoms with Gasteiger partial charge in [-0.2, -0.15) is 0 Å². The lowest BCUT2D eigenvalue weighted by atomic mass is 9.88. The second-order valence-electron chi connectivity index (χ2n) is 4.30. The fourth-order valence-electron chi connectivity index (χ4n) is 2.16. The first-order valence-corrected chi connectivity index (χ1v) is 6.90. The molecule has 0 atom stereocenters. The standard InChI is InChI=1S/C13H16INO/c14-11-8-4-5-9-12(11)15-13(16)10-6-2-1-3-7-10/h4-5,8-10H,1-3,6-7H2,(H,15,16). The molecule has 2 rings (SSSR count). The molecule has 86 valence electrons. The van der Waals surface area contributed by atoms with Crippen LogP contribution in [0.15, 0.2) is 24.3 Å². The molecule has 1 aromatic carbocycles. The summed E-state index contributed by atoms with van der Waals surface area (Å²) in [6.45, 7) is 0. The molecule has 3 heteroatoms. The predicted molar refractivity (Wildman–Crippen MR) is 74.4 cm³/mol. The highest BCUT2D eigenvalue weighted by atomic mass is 127. The average molecular weight is 329 g/mol. The molecule has 1 fully saturated rings. The summed E-state index contributed by atoms with van der Waals surface area (Å²) in [6, 6.07) is 7.91. The van der Waals surface area contributed by atoms with E-state index in [4.69, 9.17) is 0 Å². The van der Waals surface area contributed by atoms with Gasteiger partial charge in [0.1, 0.15) is 0 Å². The third-order valence-electron chi connectivity index (χ3n) is 3.11. The lowest BCUT2D eigenvalue weighted by Crippen LogP contribution is -2.25. The normalized spacial score (nSPS) is 17.1. The SMILES string of the molecule is O=C(Nc1ccccc1I)C1CCCCC1. The van der Waals surface area contributed by atoms with Crippen LogP contribution in [0.3, 0.4) is 0 Å². The number of nitrogens with one attached hydrogen (secondary N) is 1. The summed E-state index contributed by atoms with van der Waals surface area (Å²) in [5, 5.41) is 3.03. The van der Waals surface area contributed by atoms with E-state index in [1.54, 1.807) is 0 Å². The number of halogens is 1. The molecule has 1 amide bonds. The zero-order valence-electron chi connectivity index (χ0n) is 9.21. The van der Waals surface area contributed by atoms with E-state index in [1.165, 1.54) is 19.3 Å². The van der Waals surface area contributed by atoms with E-state index in [-0.39, 0.29) is 11.8 Å². The van der Waals surface area contributed by atoms with Gasteiger partial charge in [-0.25, -0.2) is 0 Å². The largest absolute Gasteiger partial charge is 0.325 e. The third-order valence-corrected chi connectivity index (χ3v) is 4.05. The molecule has 1 N–H and O–H groups in total. The quantitative estimate of drug-likeness (QED) is 0.822. The van der Waals surface area contributed by atoms with Crippen LogP contribution in [0.4, 0.5) is 5.69 Å². The molecule has 0 unspecified atom stereocenters. The summed E-state index contributed by atoms with van der Waals surface area (Å²) in [7, 11) is 0. The number of carbonyl (C=O) groups is 1. The van der Waals surface area contributed by atoms with Gasteiger partial charge in [0.05, 0.1) is 5.69 Å². The maximum absolute atomic E-state index is 12.0. The summed E-state index contributed by atoms with van der Waals surface area (Å²) < 4.78 is 1.10. The van der Waals surface area contributed by atoms with Crippen molar-refractivity contribution in [2.45, 2.75) is 32.1 Å². The molecule has 1 aliphatic rings. The van der Waals surface area contributed by atoms with Gasteiger partial charge in [0.2, 0.25) is 5.91 Å². The van der Waals surface area contributed by atoms with E-state index in [0.717, 1.165) is 22.1 Å². The van der Waals surface area contributed by atoms with Crippen molar-refractivity contribution in [2.75, 3.05) is 5.32 Å². The molecule has 16 heavy (non-hydrogen) atoms. The van der Waals surface area contributed by atoms with Crippen LogP contribution < -0.4 is 5.32 Å². The first-order chi connectivity index (χ1) is 7.77. The Bertz CT molecular complexity index is 372. The van der Waals surface area contributed by atoms with Crippen molar-refractivity contribution in [3.63, 3.8) is 0 Å². The number of para-hydroxylation sites is 1. The van der Waals surface area contributed by atoms with E-state index >= 15 is 0 Å². The molecule has 1 aromatic rings. The van der Waals surface area contributed by atoms with Gasteiger partial charge in [-0.3, -0.25) is 4.79 Å². The van der Waals surface area contributed by atoms with Crippen LogP contribution in [-0.4, -0.2) is 5.91 Å². The Labute approximate surface area is 110 Å². The first kappa shape index (κ1) is 11.9. The molecular formula is C13H16INO. The maximum atomic E-state index is 12.0.